The highest BCUT2D eigenvalue weighted by Gasteiger charge is 2.11. The zero-order valence-electron chi connectivity index (χ0n) is 8.24. The Kier molecular flexibility index (Phi) is 4.79. The second kappa shape index (κ2) is 5.65. The van der Waals surface area contributed by atoms with E-state index in [1.807, 2.05) is 6.92 Å². The van der Waals surface area contributed by atoms with Crippen LogP contribution in [0.4, 0.5) is 5.69 Å². The number of non-ortho nitro benzene ring substituents is 1. The molecule has 0 bridgehead atoms. The maximum atomic E-state index is 10.5. The maximum Gasteiger partial charge on any atom is 0.270 e. The molecular formula is C10H11ClINO2. The summed E-state index contributed by atoms with van der Waals surface area (Å²) >= 11 is 8.14. The summed E-state index contributed by atoms with van der Waals surface area (Å²) in [4.78, 5) is 10.1. The summed E-state index contributed by atoms with van der Waals surface area (Å²) in [7, 11) is 0. The molecule has 0 spiro atoms. The molecule has 0 saturated heterocycles. The lowest BCUT2D eigenvalue weighted by atomic mass is 10.1. The van der Waals surface area contributed by atoms with E-state index < -0.39 is 0 Å². The summed E-state index contributed by atoms with van der Waals surface area (Å²) in [6.07, 6.45) is 1.66. The summed E-state index contributed by atoms with van der Waals surface area (Å²) in [6.45, 7) is 2.02. The van der Waals surface area contributed by atoms with E-state index in [4.69, 9.17) is 11.6 Å². The average molecular weight is 340 g/mol. The molecule has 5 heteroatoms. The minimum atomic E-state index is -0.385. The van der Waals surface area contributed by atoms with Crippen LogP contribution >= 0.6 is 34.2 Å². The second-order valence-corrected chi connectivity index (χ2v) is 5.02. The molecule has 0 amide bonds. The Bertz CT molecular complexity index is 370. The van der Waals surface area contributed by atoms with Crippen molar-refractivity contribution in [3.05, 3.63) is 37.4 Å². The molecule has 0 fully saturated rings. The number of nitro groups is 1. The molecule has 0 aliphatic rings. The molecule has 3 nitrogen and oxygen atoms in total. The van der Waals surface area contributed by atoms with E-state index in [1.165, 1.54) is 6.07 Å². The van der Waals surface area contributed by atoms with Crippen molar-refractivity contribution in [3.63, 3.8) is 0 Å². The van der Waals surface area contributed by atoms with Crippen LogP contribution in [0.3, 0.4) is 0 Å². The Morgan fingerprint density at radius 2 is 2.27 bits per heavy atom. The molecule has 82 valence electrons. The smallest absolute Gasteiger partial charge is 0.258 e. The van der Waals surface area contributed by atoms with Crippen LogP contribution < -0.4 is 0 Å². The van der Waals surface area contributed by atoms with Gasteiger partial charge in [0.2, 0.25) is 0 Å². The highest BCUT2D eigenvalue weighted by atomic mass is 127. The quantitative estimate of drug-likeness (QED) is 0.363. The van der Waals surface area contributed by atoms with Gasteiger partial charge in [-0.05, 0) is 41.0 Å². The summed E-state index contributed by atoms with van der Waals surface area (Å²) in [5.74, 6) is 0. The van der Waals surface area contributed by atoms with Crippen LogP contribution in [0.2, 0.25) is 0 Å². The molecular weight excluding hydrogens is 328 g/mol. The monoisotopic (exact) mass is 339 g/mol. The van der Waals surface area contributed by atoms with Gasteiger partial charge < -0.3 is 0 Å². The van der Waals surface area contributed by atoms with Gasteiger partial charge in [0.25, 0.3) is 5.69 Å². The fourth-order valence-electron chi connectivity index (χ4n) is 1.20. The average Bonchev–Trinajstić information content (AvgIpc) is 2.20. The van der Waals surface area contributed by atoms with Crippen molar-refractivity contribution < 1.29 is 4.92 Å². The van der Waals surface area contributed by atoms with E-state index in [0.29, 0.717) is 0 Å². The Hall–Kier alpha value is -0.360. The van der Waals surface area contributed by atoms with Gasteiger partial charge >= 0.3 is 0 Å². The first kappa shape index (κ1) is 12.7. The topological polar surface area (TPSA) is 43.1 Å². The molecule has 0 saturated carbocycles. The number of alkyl halides is 1. The normalized spacial score (nSPS) is 12.5. The minimum Gasteiger partial charge on any atom is -0.258 e. The number of hydrogen-bond donors (Lipinski definition) is 0. The van der Waals surface area contributed by atoms with Crippen LogP contribution in [0.1, 0.15) is 18.9 Å². The van der Waals surface area contributed by atoms with E-state index in [-0.39, 0.29) is 16.0 Å². The Balaban J connectivity index is 2.88. The van der Waals surface area contributed by atoms with Gasteiger partial charge in [-0.1, -0.05) is 13.0 Å². The number of halogens is 2. The predicted octanol–water partition coefficient (Wildman–Crippen LogP) is 3.76. The van der Waals surface area contributed by atoms with E-state index in [1.54, 1.807) is 12.1 Å². The van der Waals surface area contributed by atoms with Crippen molar-refractivity contribution in [3.8, 4) is 0 Å². The fourth-order valence-corrected chi connectivity index (χ4v) is 2.08. The van der Waals surface area contributed by atoms with E-state index in [2.05, 4.69) is 22.6 Å². The standard InChI is InChI=1S/C10H11ClINO2/c1-2-8(11)5-7-3-4-9(13(14)15)6-10(7)12/h3-4,6,8H,2,5H2,1H3. The molecule has 0 N–H and O–H groups in total. The van der Waals surface area contributed by atoms with E-state index in [9.17, 15) is 10.1 Å². The molecule has 15 heavy (non-hydrogen) atoms. The summed E-state index contributed by atoms with van der Waals surface area (Å²) in [5, 5.41) is 10.6. The van der Waals surface area contributed by atoms with Crippen molar-refractivity contribution in [2.45, 2.75) is 25.1 Å². The number of nitro benzene ring substituents is 1. The molecule has 1 rings (SSSR count). The van der Waals surface area contributed by atoms with Crippen LogP contribution in [-0.4, -0.2) is 10.3 Å². The molecule has 1 unspecified atom stereocenters. The third kappa shape index (κ3) is 3.61. The molecule has 1 atom stereocenters. The maximum absolute atomic E-state index is 10.5. The van der Waals surface area contributed by atoms with Gasteiger partial charge in [-0.25, -0.2) is 0 Å². The van der Waals surface area contributed by atoms with Gasteiger partial charge in [-0.15, -0.1) is 11.6 Å². The van der Waals surface area contributed by atoms with Crippen LogP contribution in [-0.2, 0) is 6.42 Å². The fraction of sp³-hybridized carbons (Fsp3) is 0.400. The number of hydrogen-bond acceptors (Lipinski definition) is 2. The third-order valence-electron chi connectivity index (χ3n) is 2.13. The predicted molar refractivity (Wildman–Crippen MR) is 69.4 cm³/mol. The molecule has 0 aliphatic heterocycles. The van der Waals surface area contributed by atoms with Crippen LogP contribution in [0, 0.1) is 13.7 Å². The van der Waals surface area contributed by atoms with Crippen LogP contribution in [0.5, 0.6) is 0 Å². The summed E-state index contributed by atoms with van der Waals surface area (Å²) in [6, 6.07) is 4.89. The molecule has 0 heterocycles. The first-order chi connectivity index (χ1) is 7.04. The van der Waals surface area contributed by atoms with E-state index in [0.717, 1.165) is 22.0 Å². The van der Waals surface area contributed by atoms with Crippen molar-refractivity contribution >= 4 is 39.9 Å². The summed E-state index contributed by atoms with van der Waals surface area (Å²) < 4.78 is 0.904. The molecule has 0 aliphatic carbocycles. The van der Waals surface area contributed by atoms with E-state index >= 15 is 0 Å². The summed E-state index contributed by atoms with van der Waals surface area (Å²) in [5.41, 5.74) is 1.20. The van der Waals surface area contributed by atoms with Crippen molar-refractivity contribution in [1.29, 1.82) is 0 Å². The van der Waals surface area contributed by atoms with Gasteiger partial charge in [-0.2, -0.15) is 0 Å². The van der Waals surface area contributed by atoms with Crippen molar-refractivity contribution in [2.24, 2.45) is 0 Å². The van der Waals surface area contributed by atoms with Crippen LogP contribution in [0.25, 0.3) is 0 Å². The van der Waals surface area contributed by atoms with Crippen molar-refractivity contribution in [2.75, 3.05) is 0 Å². The molecule has 0 aromatic heterocycles. The lowest BCUT2D eigenvalue weighted by Crippen LogP contribution is -2.03. The number of benzene rings is 1. The van der Waals surface area contributed by atoms with Crippen molar-refractivity contribution in [1.82, 2.24) is 0 Å². The van der Waals surface area contributed by atoms with Gasteiger partial charge in [0.15, 0.2) is 0 Å². The lowest BCUT2D eigenvalue weighted by Gasteiger charge is -2.08. The Labute approximate surface area is 107 Å². The van der Waals surface area contributed by atoms with Gasteiger partial charge in [-0.3, -0.25) is 10.1 Å². The first-order valence-corrected chi connectivity index (χ1v) is 6.13. The van der Waals surface area contributed by atoms with Crippen LogP contribution in [0.15, 0.2) is 18.2 Å². The molecule has 0 radical (unpaired) electrons. The zero-order valence-corrected chi connectivity index (χ0v) is 11.2. The van der Waals surface area contributed by atoms with Gasteiger partial charge in [0.05, 0.1) is 4.92 Å². The lowest BCUT2D eigenvalue weighted by molar-refractivity contribution is -0.385. The highest BCUT2D eigenvalue weighted by molar-refractivity contribution is 14.1. The zero-order chi connectivity index (χ0) is 11.4. The third-order valence-corrected chi connectivity index (χ3v) is 3.60. The molecule has 1 aromatic rings. The second-order valence-electron chi connectivity index (χ2n) is 3.24. The minimum absolute atomic E-state index is 0.0972. The van der Waals surface area contributed by atoms with Gasteiger partial charge in [0, 0.05) is 21.1 Å². The largest absolute Gasteiger partial charge is 0.270 e. The Morgan fingerprint density at radius 3 is 2.73 bits per heavy atom. The molecule has 1 aromatic carbocycles. The number of rotatable bonds is 4. The number of nitrogens with zero attached hydrogens (tertiary/aromatic N) is 1. The highest BCUT2D eigenvalue weighted by Crippen LogP contribution is 2.22. The van der Waals surface area contributed by atoms with Gasteiger partial charge in [0.1, 0.15) is 0 Å². The SMILES string of the molecule is CCC(Cl)Cc1ccc([N+](=O)[O-])cc1I. The Morgan fingerprint density at radius 1 is 1.60 bits per heavy atom. The first-order valence-electron chi connectivity index (χ1n) is 4.61.